The summed E-state index contributed by atoms with van der Waals surface area (Å²) >= 11 is 0. The van der Waals surface area contributed by atoms with Gasteiger partial charge in [-0.05, 0) is 108 Å². The van der Waals surface area contributed by atoms with E-state index in [9.17, 15) is 0 Å². The number of hydrogen-bond acceptors (Lipinski definition) is 3. The molecule has 3 heterocycles. The van der Waals surface area contributed by atoms with Crippen molar-refractivity contribution in [3.8, 4) is 51.0 Å². The first-order chi connectivity index (χ1) is 28.5. The Hall–Kier alpha value is -7.50. The molecule has 0 amide bonds. The topological polar surface area (TPSA) is 47.7 Å². The second-order valence-corrected chi connectivity index (χ2v) is 15.9. The minimum Gasteiger partial charge on any atom is -0.216 e. The average molecular weight is 743 g/mol. The summed E-state index contributed by atoms with van der Waals surface area (Å²) in [5.41, 5.74) is 11.2. The fourth-order valence-corrected chi connectivity index (χ4v) is 9.73. The van der Waals surface area contributed by atoms with Crippen molar-refractivity contribution < 1.29 is 4.40 Å². The van der Waals surface area contributed by atoms with E-state index < -0.39 is 0 Å². The van der Waals surface area contributed by atoms with Crippen molar-refractivity contribution in [3.63, 3.8) is 0 Å². The molecule has 0 bridgehead atoms. The van der Waals surface area contributed by atoms with Crippen LogP contribution in [0.2, 0.25) is 0 Å². The van der Waals surface area contributed by atoms with Gasteiger partial charge < -0.3 is 0 Å². The molecule has 3 aromatic heterocycles. The monoisotopic (exact) mass is 742 g/mol. The summed E-state index contributed by atoms with van der Waals surface area (Å²) in [6.07, 6.45) is 3.84. The zero-order valence-corrected chi connectivity index (χ0v) is 32.1. The average Bonchev–Trinajstić information content (AvgIpc) is 3.73. The van der Waals surface area contributed by atoms with Gasteiger partial charge in [-0.2, -0.15) is 8.97 Å². The van der Waals surface area contributed by atoms with Crippen molar-refractivity contribution in [2.45, 2.75) is 19.3 Å². The van der Waals surface area contributed by atoms with Gasteiger partial charge in [-0.3, -0.25) is 0 Å². The molecule has 0 unspecified atom stereocenters. The van der Waals surface area contributed by atoms with E-state index in [0.29, 0.717) is 11.6 Å². The first kappa shape index (κ1) is 32.7. The SMILES string of the molecule is CC1(C)c2ccccc2-c2cc3cc4ccccc4c(-c4ncnc(-c5c(-c6cc7ccccc7c7ccccc67)[n+]6ccccc6n5-c5ccccc5)n4)c3cc21. The van der Waals surface area contributed by atoms with Gasteiger partial charge in [0.15, 0.2) is 11.5 Å². The highest BCUT2D eigenvalue weighted by Crippen LogP contribution is 2.51. The third kappa shape index (κ3) is 4.64. The zero-order chi connectivity index (χ0) is 38.5. The van der Waals surface area contributed by atoms with E-state index in [1.54, 1.807) is 6.33 Å². The Morgan fingerprint density at radius 1 is 0.483 bits per heavy atom. The van der Waals surface area contributed by atoms with Crippen molar-refractivity contribution in [1.82, 2.24) is 19.5 Å². The summed E-state index contributed by atoms with van der Waals surface area (Å²) in [4.78, 5) is 15.6. The van der Waals surface area contributed by atoms with Crippen molar-refractivity contribution in [2.75, 3.05) is 0 Å². The molecule has 0 fully saturated rings. The van der Waals surface area contributed by atoms with Crippen molar-refractivity contribution >= 4 is 48.7 Å². The molecule has 12 rings (SSSR count). The quantitative estimate of drug-likeness (QED) is 0.102. The number of hydrogen-bond donors (Lipinski definition) is 0. The maximum atomic E-state index is 5.54. The summed E-state index contributed by atoms with van der Waals surface area (Å²) < 4.78 is 4.59. The Balaban J connectivity index is 1.18. The van der Waals surface area contributed by atoms with Crippen LogP contribution in [0.3, 0.4) is 0 Å². The van der Waals surface area contributed by atoms with Gasteiger partial charge in [0.1, 0.15) is 12.0 Å². The number of imidazole rings is 1. The van der Waals surface area contributed by atoms with E-state index in [0.717, 1.165) is 55.4 Å². The lowest BCUT2D eigenvalue weighted by molar-refractivity contribution is -0.498. The van der Waals surface area contributed by atoms with E-state index in [1.807, 2.05) is 0 Å². The largest absolute Gasteiger partial charge is 0.292 e. The number of fused-ring (bicyclic) bond motifs is 9. The first-order valence-corrected chi connectivity index (χ1v) is 19.9. The predicted molar refractivity (Wildman–Crippen MR) is 236 cm³/mol. The van der Waals surface area contributed by atoms with Gasteiger partial charge in [0.25, 0.3) is 5.65 Å². The molecule has 0 saturated heterocycles. The number of aromatic nitrogens is 5. The van der Waals surface area contributed by atoms with Gasteiger partial charge in [-0.1, -0.05) is 135 Å². The zero-order valence-electron chi connectivity index (χ0n) is 32.1. The smallest absolute Gasteiger partial charge is 0.216 e. The molecule has 5 heteroatoms. The van der Waals surface area contributed by atoms with Gasteiger partial charge in [0.05, 0.1) is 6.20 Å². The fourth-order valence-electron chi connectivity index (χ4n) is 9.73. The molecule has 0 aliphatic heterocycles. The van der Waals surface area contributed by atoms with Crippen LogP contribution >= 0.6 is 0 Å². The molecule has 5 nitrogen and oxygen atoms in total. The number of nitrogens with zero attached hydrogens (tertiary/aromatic N) is 5. The highest BCUT2D eigenvalue weighted by Gasteiger charge is 2.36. The van der Waals surface area contributed by atoms with Gasteiger partial charge in [0, 0.05) is 22.6 Å². The van der Waals surface area contributed by atoms with Crippen LogP contribution in [0.1, 0.15) is 25.0 Å². The lowest BCUT2D eigenvalue weighted by atomic mass is 9.81. The van der Waals surface area contributed by atoms with Crippen molar-refractivity contribution in [2.24, 2.45) is 0 Å². The maximum absolute atomic E-state index is 5.54. The molecule has 0 radical (unpaired) electrons. The summed E-state index contributed by atoms with van der Waals surface area (Å²) in [7, 11) is 0. The Morgan fingerprint density at radius 3 is 1.98 bits per heavy atom. The highest BCUT2D eigenvalue weighted by atomic mass is 15.2. The number of pyridine rings is 1. The number of para-hydroxylation sites is 1. The molecule has 58 heavy (non-hydrogen) atoms. The Labute approximate surface area is 335 Å². The minimum atomic E-state index is -0.154. The van der Waals surface area contributed by atoms with Crippen LogP contribution in [0.25, 0.3) is 99.7 Å². The maximum Gasteiger partial charge on any atom is 0.292 e. The standard InChI is InChI=1S/C53H36N5/c1-53(2)45-25-13-12-24-41(45)43-30-35-28-33-16-7-9-21-38(33)48(42(35)31-46(43)53)51-54-32-55-52(56-51)50-49(57-27-15-14-26-47(57)58(50)36-18-4-3-5-19-36)44-29-34-17-6-8-20-37(34)39-22-10-11-23-40(39)44/h3-32H,1-2H3/q+1. The van der Waals surface area contributed by atoms with E-state index in [1.165, 1.54) is 43.8 Å². The molecular weight excluding hydrogens is 707 g/mol. The van der Waals surface area contributed by atoms with E-state index in [-0.39, 0.29) is 5.41 Å². The summed E-state index contributed by atoms with van der Waals surface area (Å²) in [6.45, 7) is 4.67. The van der Waals surface area contributed by atoms with Crippen molar-refractivity contribution in [3.05, 3.63) is 194 Å². The number of benzene rings is 8. The molecule has 0 saturated carbocycles. The van der Waals surface area contributed by atoms with Crippen LogP contribution in [0.15, 0.2) is 182 Å². The summed E-state index contributed by atoms with van der Waals surface area (Å²) in [5.74, 6) is 1.24. The van der Waals surface area contributed by atoms with E-state index in [4.69, 9.17) is 15.0 Å². The summed E-state index contributed by atoms with van der Waals surface area (Å²) in [5, 5.41) is 9.33. The minimum absolute atomic E-state index is 0.154. The summed E-state index contributed by atoms with van der Waals surface area (Å²) in [6, 6.07) is 61.1. The molecule has 11 aromatic rings. The molecule has 8 aromatic carbocycles. The Kier molecular flexibility index (Phi) is 6.91. The molecule has 0 atom stereocenters. The normalized spacial score (nSPS) is 13.1. The molecular formula is C53H36N5+. The molecule has 0 spiro atoms. The third-order valence-corrected chi connectivity index (χ3v) is 12.4. The van der Waals surface area contributed by atoms with Crippen LogP contribution in [0.4, 0.5) is 0 Å². The van der Waals surface area contributed by atoms with Crippen LogP contribution in [-0.2, 0) is 5.41 Å². The van der Waals surface area contributed by atoms with Gasteiger partial charge >= 0.3 is 0 Å². The molecule has 0 N–H and O–H groups in total. The highest BCUT2D eigenvalue weighted by molar-refractivity contribution is 6.15. The van der Waals surface area contributed by atoms with Crippen LogP contribution in [-0.4, -0.2) is 19.5 Å². The molecule has 272 valence electrons. The predicted octanol–water partition coefficient (Wildman–Crippen LogP) is 12.3. The van der Waals surface area contributed by atoms with Crippen molar-refractivity contribution in [1.29, 1.82) is 0 Å². The third-order valence-electron chi connectivity index (χ3n) is 12.4. The number of rotatable bonds is 4. The lowest BCUT2D eigenvalue weighted by Gasteiger charge is -2.22. The fraction of sp³-hybridized carbons (Fsp3) is 0.0566. The first-order valence-electron chi connectivity index (χ1n) is 19.9. The van der Waals surface area contributed by atoms with Crippen LogP contribution in [0.5, 0.6) is 0 Å². The van der Waals surface area contributed by atoms with Gasteiger partial charge in [-0.25, -0.2) is 15.0 Å². The van der Waals surface area contributed by atoms with E-state index in [2.05, 4.69) is 199 Å². The van der Waals surface area contributed by atoms with Gasteiger partial charge in [0.2, 0.25) is 11.5 Å². The second kappa shape index (κ2) is 12.2. The van der Waals surface area contributed by atoms with Crippen LogP contribution < -0.4 is 4.40 Å². The van der Waals surface area contributed by atoms with Crippen LogP contribution in [0, 0.1) is 0 Å². The molecule has 1 aliphatic carbocycles. The Morgan fingerprint density at radius 2 is 1.14 bits per heavy atom. The lowest BCUT2D eigenvalue weighted by Crippen LogP contribution is -2.21. The van der Waals surface area contributed by atoms with E-state index >= 15 is 0 Å². The van der Waals surface area contributed by atoms with Gasteiger partial charge in [-0.15, -0.1) is 0 Å². The second-order valence-electron chi connectivity index (χ2n) is 15.9. The Bertz CT molecular complexity index is 3490. The molecule has 1 aliphatic rings.